The summed E-state index contributed by atoms with van der Waals surface area (Å²) in [5.41, 5.74) is 2.64. The van der Waals surface area contributed by atoms with E-state index in [2.05, 4.69) is 19.9 Å². The number of carbonyl (C=O) groups is 4. The van der Waals surface area contributed by atoms with Gasteiger partial charge in [0.05, 0.1) is 25.5 Å². The monoisotopic (exact) mass is 542 g/mol. The fourth-order valence-corrected chi connectivity index (χ4v) is 5.89. The SMILES string of the molecule is CC1(C)CCCCc2cccc3c2CN(C3)C(=O)OC2C[C@@H](C(=O)O)N(C2)C(=O)[C@H](C(C)(C)C)CC(=O)OC1. The first-order valence-corrected chi connectivity index (χ1v) is 14.0. The van der Waals surface area contributed by atoms with Crippen molar-refractivity contribution in [3.05, 3.63) is 34.9 Å². The van der Waals surface area contributed by atoms with Crippen LogP contribution in [0.2, 0.25) is 0 Å². The highest BCUT2D eigenvalue weighted by Crippen LogP contribution is 2.35. The van der Waals surface area contributed by atoms with Gasteiger partial charge in [0.25, 0.3) is 0 Å². The zero-order valence-corrected chi connectivity index (χ0v) is 23.8. The number of ether oxygens (including phenoxy) is 2. The number of carboxylic acid groups (broad SMARTS) is 1. The van der Waals surface area contributed by atoms with Gasteiger partial charge in [-0.3, -0.25) is 14.5 Å². The molecule has 1 N–H and O–H groups in total. The molecular formula is C30H42N2O7. The minimum atomic E-state index is -1.16. The van der Waals surface area contributed by atoms with Crippen LogP contribution in [-0.4, -0.2) is 64.1 Å². The van der Waals surface area contributed by atoms with Gasteiger partial charge in [0.2, 0.25) is 5.91 Å². The lowest BCUT2D eigenvalue weighted by atomic mass is 9.77. The van der Waals surface area contributed by atoms with E-state index >= 15 is 0 Å². The van der Waals surface area contributed by atoms with Gasteiger partial charge in [-0.1, -0.05) is 59.2 Å². The Morgan fingerprint density at radius 2 is 1.79 bits per heavy atom. The van der Waals surface area contributed by atoms with Crippen molar-refractivity contribution in [2.75, 3.05) is 13.2 Å². The predicted octanol–water partition coefficient (Wildman–Crippen LogP) is 4.54. The lowest BCUT2D eigenvalue weighted by molar-refractivity contribution is -0.157. The third-order valence-electron chi connectivity index (χ3n) is 8.32. The van der Waals surface area contributed by atoms with Gasteiger partial charge < -0.3 is 19.5 Å². The lowest BCUT2D eigenvalue weighted by Crippen LogP contribution is -2.47. The van der Waals surface area contributed by atoms with Gasteiger partial charge in [-0.2, -0.15) is 0 Å². The Morgan fingerprint density at radius 3 is 2.49 bits per heavy atom. The van der Waals surface area contributed by atoms with E-state index in [1.54, 1.807) is 4.90 Å². The first-order valence-electron chi connectivity index (χ1n) is 14.0. The number of carbonyl (C=O) groups excluding carboxylic acids is 3. The number of hydrogen-bond acceptors (Lipinski definition) is 6. The number of nitrogens with zero attached hydrogens (tertiary/aromatic N) is 2. The summed E-state index contributed by atoms with van der Waals surface area (Å²) in [6.45, 7) is 10.8. The van der Waals surface area contributed by atoms with Crippen LogP contribution in [0.1, 0.15) is 83.4 Å². The summed E-state index contributed by atoms with van der Waals surface area (Å²) in [6.07, 6.45) is 2.34. The minimum absolute atomic E-state index is 0.00828. The van der Waals surface area contributed by atoms with Gasteiger partial charge in [0.1, 0.15) is 12.1 Å². The average Bonchev–Trinajstić information content (AvgIpc) is 3.47. The van der Waals surface area contributed by atoms with E-state index in [0.717, 1.165) is 36.8 Å². The summed E-state index contributed by atoms with van der Waals surface area (Å²) < 4.78 is 11.4. The number of benzene rings is 1. The predicted molar refractivity (Wildman–Crippen MR) is 144 cm³/mol. The van der Waals surface area contributed by atoms with E-state index in [9.17, 15) is 24.3 Å². The first-order chi connectivity index (χ1) is 18.2. The molecule has 1 fully saturated rings. The van der Waals surface area contributed by atoms with Crippen LogP contribution in [0.4, 0.5) is 4.79 Å². The molecule has 4 bridgehead atoms. The number of aliphatic carboxylic acids is 1. The van der Waals surface area contributed by atoms with Crippen LogP contribution >= 0.6 is 0 Å². The molecule has 9 heteroatoms. The van der Waals surface area contributed by atoms with Crippen LogP contribution in [0.5, 0.6) is 0 Å². The molecule has 1 aromatic rings. The fraction of sp³-hybridized carbons (Fsp3) is 0.667. The Balaban J connectivity index is 1.61. The van der Waals surface area contributed by atoms with Crippen molar-refractivity contribution in [2.24, 2.45) is 16.7 Å². The normalized spacial score (nSPS) is 26.7. The third-order valence-corrected chi connectivity index (χ3v) is 8.32. The highest BCUT2D eigenvalue weighted by Gasteiger charge is 2.46. The first kappa shape index (κ1) is 28.9. The van der Waals surface area contributed by atoms with E-state index < -0.39 is 47.4 Å². The molecule has 3 atom stereocenters. The highest BCUT2D eigenvalue weighted by molar-refractivity contribution is 5.89. The molecule has 2 amide bonds. The molecule has 0 spiro atoms. The number of cyclic esters (lactones) is 1. The second-order valence-corrected chi connectivity index (χ2v) is 13.2. The van der Waals surface area contributed by atoms with Gasteiger partial charge in [-0.25, -0.2) is 9.59 Å². The molecule has 0 radical (unpaired) electrons. The maximum absolute atomic E-state index is 13.7. The molecule has 0 aliphatic carbocycles. The Kier molecular flexibility index (Phi) is 8.28. The smallest absolute Gasteiger partial charge is 0.410 e. The molecule has 0 aromatic heterocycles. The average molecular weight is 543 g/mol. The van der Waals surface area contributed by atoms with Gasteiger partial charge in [0.15, 0.2) is 0 Å². The number of carboxylic acids is 1. The lowest BCUT2D eigenvalue weighted by Gasteiger charge is -2.34. The molecule has 9 nitrogen and oxygen atoms in total. The third kappa shape index (κ3) is 6.73. The van der Waals surface area contributed by atoms with Gasteiger partial charge in [-0.05, 0) is 46.8 Å². The molecule has 214 valence electrons. The zero-order valence-electron chi connectivity index (χ0n) is 23.8. The number of amides is 2. The largest absolute Gasteiger partial charge is 0.480 e. The van der Waals surface area contributed by atoms with Gasteiger partial charge >= 0.3 is 18.0 Å². The molecule has 3 heterocycles. The van der Waals surface area contributed by atoms with Crippen molar-refractivity contribution in [3.8, 4) is 0 Å². The van der Waals surface area contributed by atoms with Gasteiger partial charge in [-0.15, -0.1) is 0 Å². The number of fused-ring (bicyclic) bond motifs is 3. The Hall–Kier alpha value is -3.10. The second kappa shape index (κ2) is 11.2. The van der Waals surface area contributed by atoms with E-state index in [1.165, 1.54) is 10.5 Å². The molecule has 0 saturated carbocycles. The molecule has 3 aliphatic heterocycles. The Labute approximate surface area is 230 Å². The summed E-state index contributed by atoms with van der Waals surface area (Å²) in [6, 6.07) is 5.02. The summed E-state index contributed by atoms with van der Waals surface area (Å²) in [4.78, 5) is 54.8. The molecule has 39 heavy (non-hydrogen) atoms. The van der Waals surface area contributed by atoms with Crippen molar-refractivity contribution in [1.29, 1.82) is 0 Å². The highest BCUT2D eigenvalue weighted by atomic mass is 16.6. The summed E-state index contributed by atoms with van der Waals surface area (Å²) in [5, 5.41) is 9.91. The molecule has 4 rings (SSSR count). The van der Waals surface area contributed by atoms with Crippen LogP contribution in [-0.2, 0) is 43.4 Å². The van der Waals surface area contributed by atoms with Crippen molar-refractivity contribution >= 4 is 23.9 Å². The molecule has 3 aliphatic rings. The maximum Gasteiger partial charge on any atom is 0.410 e. The van der Waals surface area contributed by atoms with Crippen LogP contribution in [0.25, 0.3) is 0 Å². The fourth-order valence-electron chi connectivity index (χ4n) is 5.89. The topological polar surface area (TPSA) is 113 Å². The zero-order chi connectivity index (χ0) is 28.5. The minimum Gasteiger partial charge on any atom is -0.480 e. The number of hydrogen-bond donors (Lipinski definition) is 1. The van der Waals surface area contributed by atoms with Crippen molar-refractivity contribution < 1.29 is 33.8 Å². The van der Waals surface area contributed by atoms with Crippen LogP contribution in [0.3, 0.4) is 0 Å². The Bertz CT molecular complexity index is 1120. The van der Waals surface area contributed by atoms with Crippen molar-refractivity contribution in [1.82, 2.24) is 9.80 Å². The van der Waals surface area contributed by atoms with Crippen molar-refractivity contribution in [2.45, 2.75) is 98.4 Å². The quantitative estimate of drug-likeness (QED) is 0.518. The number of esters is 1. The van der Waals surface area contributed by atoms with E-state index in [-0.39, 0.29) is 31.4 Å². The molecule has 1 saturated heterocycles. The Morgan fingerprint density at radius 1 is 1.08 bits per heavy atom. The second-order valence-electron chi connectivity index (χ2n) is 13.2. The van der Waals surface area contributed by atoms with Crippen LogP contribution in [0, 0.1) is 16.7 Å². The number of rotatable bonds is 1. The molecule has 1 aromatic carbocycles. The van der Waals surface area contributed by atoms with E-state index in [4.69, 9.17) is 9.47 Å². The van der Waals surface area contributed by atoms with Crippen molar-refractivity contribution in [3.63, 3.8) is 0 Å². The van der Waals surface area contributed by atoms with Gasteiger partial charge in [0, 0.05) is 19.5 Å². The molecule has 1 unspecified atom stereocenters. The maximum atomic E-state index is 13.7. The van der Waals surface area contributed by atoms with Crippen LogP contribution < -0.4 is 0 Å². The summed E-state index contributed by atoms with van der Waals surface area (Å²) in [5.74, 6) is -2.84. The summed E-state index contributed by atoms with van der Waals surface area (Å²) >= 11 is 0. The van der Waals surface area contributed by atoms with E-state index in [0.29, 0.717) is 13.1 Å². The number of aryl methyl sites for hydroxylation is 1. The molecular weight excluding hydrogens is 500 g/mol. The summed E-state index contributed by atoms with van der Waals surface area (Å²) in [7, 11) is 0. The van der Waals surface area contributed by atoms with E-state index in [1.807, 2.05) is 32.9 Å². The van der Waals surface area contributed by atoms with Crippen LogP contribution in [0.15, 0.2) is 18.2 Å². The standard InChI is InChI=1S/C30H42N2O7/c1-29(2,3)23-14-25(33)38-18-30(4,5)12-7-6-9-19-10-8-11-20-15-31(17-22(19)20)28(37)39-21-13-24(27(35)36)32(16-21)26(23)34/h8,10-11,21,23-24H,6-7,9,12-18H2,1-5H3,(H,35,36)/t21?,23-,24+/m1/s1.